The summed E-state index contributed by atoms with van der Waals surface area (Å²) >= 11 is 0. The summed E-state index contributed by atoms with van der Waals surface area (Å²) in [7, 11) is -0.919. The number of rotatable bonds is 3. The van der Waals surface area contributed by atoms with Gasteiger partial charge in [0.15, 0.2) is 5.66 Å². The monoisotopic (exact) mass is 256 g/mol. The van der Waals surface area contributed by atoms with Gasteiger partial charge in [-0.15, -0.1) is 0 Å². The summed E-state index contributed by atoms with van der Waals surface area (Å²) in [6, 6.07) is 7.14. The van der Waals surface area contributed by atoms with Gasteiger partial charge in [0, 0.05) is 20.6 Å². The van der Waals surface area contributed by atoms with Crippen LogP contribution in [-0.4, -0.2) is 25.8 Å². The lowest BCUT2D eigenvalue weighted by molar-refractivity contribution is -0.135. The molecule has 0 fully saturated rings. The van der Waals surface area contributed by atoms with Gasteiger partial charge < -0.3 is 13.8 Å². The van der Waals surface area contributed by atoms with Gasteiger partial charge in [-0.2, -0.15) is 0 Å². The van der Waals surface area contributed by atoms with Crippen LogP contribution in [0.15, 0.2) is 24.3 Å². The molecule has 92 valence electrons. The molecule has 6 heteroatoms. The lowest BCUT2D eigenvalue weighted by atomic mass is 10.1. The third-order valence-electron chi connectivity index (χ3n) is 2.76. The molecule has 0 aliphatic carbocycles. The van der Waals surface area contributed by atoms with Crippen molar-refractivity contribution >= 4 is 13.6 Å². The van der Waals surface area contributed by atoms with Crippen molar-refractivity contribution in [3.8, 4) is 5.75 Å². The molecule has 1 aliphatic heterocycles. The number of para-hydroxylation sites is 1. The Morgan fingerprint density at radius 3 is 2.59 bits per heavy atom. The van der Waals surface area contributed by atoms with Crippen LogP contribution in [0.3, 0.4) is 0 Å². The first-order chi connectivity index (χ1) is 8.10. The van der Waals surface area contributed by atoms with Crippen LogP contribution in [0.5, 0.6) is 5.75 Å². The van der Waals surface area contributed by atoms with Gasteiger partial charge in [-0.3, -0.25) is 9.36 Å². The van der Waals surface area contributed by atoms with Crippen LogP contribution >= 0.6 is 7.60 Å². The molecule has 1 aromatic rings. The molecule has 17 heavy (non-hydrogen) atoms. The van der Waals surface area contributed by atoms with Crippen LogP contribution in [0.4, 0.5) is 0 Å². The van der Waals surface area contributed by atoms with Gasteiger partial charge in [0.05, 0.1) is 0 Å². The highest BCUT2D eigenvalue weighted by Gasteiger charge is 2.44. The van der Waals surface area contributed by atoms with E-state index >= 15 is 0 Å². The molecule has 5 nitrogen and oxygen atoms in total. The Morgan fingerprint density at radius 1 is 1.29 bits per heavy atom. The van der Waals surface area contributed by atoms with E-state index < -0.39 is 19.2 Å². The highest BCUT2D eigenvalue weighted by Crippen LogP contribution is 2.54. The van der Waals surface area contributed by atoms with E-state index in [4.69, 9.17) is 13.8 Å². The summed E-state index contributed by atoms with van der Waals surface area (Å²) in [5, 5.41) is 0. The number of ether oxygens (including phenoxy) is 1. The van der Waals surface area contributed by atoms with E-state index in [1.807, 2.05) is 12.1 Å². The highest BCUT2D eigenvalue weighted by molar-refractivity contribution is 7.55. The van der Waals surface area contributed by atoms with Crippen LogP contribution in [0.2, 0.25) is 0 Å². The molecule has 0 amide bonds. The van der Waals surface area contributed by atoms with E-state index in [1.54, 1.807) is 12.1 Å². The maximum atomic E-state index is 12.2. The largest absolute Gasteiger partial charge is 0.426 e. The predicted molar refractivity (Wildman–Crippen MR) is 61.2 cm³/mol. The SMILES string of the molecule is COP(=O)(OC)C1Cc2ccccc2OC1=O. The Hall–Kier alpha value is -1.16. The van der Waals surface area contributed by atoms with Crippen molar-refractivity contribution in [2.45, 2.75) is 12.1 Å². The number of hydrogen-bond donors (Lipinski definition) is 0. The fourth-order valence-corrected chi connectivity index (χ4v) is 3.20. The van der Waals surface area contributed by atoms with Crippen molar-refractivity contribution in [3.63, 3.8) is 0 Å². The van der Waals surface area contributed by atoms with Crippen molar-refractivity contribution < 1.29 is 23.1 Å². The number of esters is 1. The summed E-state index contributed by atoms with van der Waals surface area (Å²) < 4.78 is 27.0. The molecular weight excluding hydrogens is 243 g/mol. The van der Waals surface area contributed by atoms with Crippen LogP contribution in [-0.2, 0) is 24.8 Å². The van der Waals surface area contributed by atoms with Gasteiger partial charge in [-0.05, 0) is 11.6 Å². The van der Waals surface area contributed by atoms with E-state index in [0.29, 0.717) is 12.2 Å². The van der Waals surface area contributed by atoms with Crippen molar-refractivity contribution in [2.24, 2.45) is 0 Å². The van der Waals surface area contributed by atoms with Crippen LogP contribution in [0.1, 0.15) is 5.56 Å². The minimum absolute atomic E-state index is 0.300. The maximum absolute atomic E-state index is 12.2. The molecule has 1 aliphatic rings. The van der Waals surface area contributed by atoms with Gasteiger partial charge in [0.1, 0.15) is 5.75 Å². The fourth-order valence-electron chi connectivity index (χ4n) is 1.81. The molecular formula is C11H13O5P. The molecule has 1 aromatic carbocycles. The molecule has 0 aromatic heterocycles. The second-order valence-electron chi connectivity index (χ2n) is 3.65. The zero-order chi connectivity index (χ0) is 12.5. The predicted octanol–water partition coefficient (Wildman–Crippen LogP) is 2.00. The summed E-state index contributed by atoms with van der Waals surface area (Å²) in [4.78, 5) is 11.8. The Bertz CT molecular complexity index is 477. The molecule has 2 rings (SSSR count). The molecule has 1 heterocycles. The Morgan fingerprint density at radius 2 is 1.94 bits per heavy atom. The highest BCUT2D eigenvalue weighted by atomic mass is 31.2. The first-order valence-corrected chi connectivity index (χ1v) is 6.72. The summed E-state index contributed by atoms with van der Waals surface area (Å²) in [6.07, 6.45) is 0.300. The minimum atomic E-state index is -3.44. The average Bonchev–Trinajstić information content (AvgIpc) is 2.37. The van der Waals surface area contributed by atoms with E-state index in [-0.39, 0.29) is 0 Å². The molecule has 0 saturated heterocycles. The van der Waals surface area contributed by atoms with Gasteiger partial charge in [-0.25, -0.2) is 0 Å². The standard InChI is InChI=1S/C11H13O5P/c1-14-17(13,15-2)10-7-8-5-3-4-6-9(8)16-11(10)12/h3-6,10H,7H2,1-2H3. The molecule has 0 spiro atoms. The van der Waals surface area contributed by atoms with Gasteiger partial charge in [-0.1, -0.05) is 18.2 Å². The number of benzene rings is 1. The topological polar surface area (TPSA) is 61.8 Å². The Balaban J connectivity index is 2.35. The van der Waals surface area contributed by atoms with Gasteiger partial charge in [0.2, 0.25) is 0 Å². The second-order valence-corrected chi connectivity index (χ2v) is 6.09. The summed E-state index contributed by atoms with van der Waals surface area (Å²) in [6.45, 7) is 0. The molecule has 0 radical (unpaired) electrons. The molecule has 0 N–H and O–H groups in total. The lowest BCUT2D eigenvalue weighted by Crippen LogP contribution is -2.33. The Labute approximate surface area is 99.2 Å². The van der Waals surface area contributed by atoms with E-state index in [0.717, 1.165) is 5.56 Å². The molecule has 0 saturated carbocycles. The van der Waals surface area contributed by atoms with Crippen molar-refractivity contribution in [1.29, 1.82) is 0 Å². The van der Waals surface area contributed by atoms with Gasteiger partial charge in [0.25, 0.3) is 0 Å². The minimum Gasteiger partial charge on any atom is -0.426 e. The Kier molecular flexibility index (Phi) is 3.33. The van der Waals surface area contributed by atoms with E-state index in [2.05, 4.69) is 0 Å². The van der Waals surface area contributed by atoms with Crippen molar-refractivity contribution in [3.05, 3.63) is 29.8 Å². The van der Waals surface area contributed by atoms with Crippen molar-refractivity contribution in [1.82, 2.24) is 0 Å². The molecule has 0 bridgehead atoms. The third kappa shape index (κ3) is 2.14. The second kappa shape index (κ2) is 4.61. The average molecular weight is 256 g/mol. The fraction of sp³-hybridized carbons (Fsp3) is 0.364. The zero-order valence-electron chi connectivity index (χ0n) is 9.58. The number of hydrogen-bond acceptors (Lipinski definition) is 5. The number of carbonyl (C=O) groups is 1. The first kappa shape index (κ1) is 12.3. The zero-order valence-corrected chi connectivity index (χ0v) is 10.5. The smallest absolute Gasteiger partial charge is 0.344 e. The van der Waals surface area contributed by atoms with E-state index in [1.165, 1.54) is 14.2 Å². The van der Waals surface area contributed by atoms with Crippen molar-refractivity contribution in [2.75, 3.05) is 14.2 Å². The normalized spacial score (nSPS) is 19.6. The lowest BCUT2D eigenvalue weighted by Gasteiger charge is -2.27. The van der Waals surface area contributed by atoms with Crippen LogP contribution < -0.4 is 4.74 Å². The van der Waals surface area contributed by atoms with E-state index in [9.17, 15) is 9.36 Å². The summed E-state index contributed by atoms with van der Waals surface area (Å²) in [5.41, 5.74) is -0.0705. The maximum Gasteiger partial charge on any atom is 0.344 e. The first-order valence-electron chi connectivity index (χ1n) is 5.11. The quantitative estimate of drug-likeness (QED) is 0.470. The summed E-state index contributed by atoms with van der Waals surface area (Å²) in [5.74, 6) is -0.0664. The number of fused-ring (bicyclic) bond motifs is 1. The number of carbonyl (C=O) groups excluding carboxylic acids is 1. The van der Waals surface area contributed by atoms with Crippen LogP contribution in [0.25, 0.3) is 0 Å². The van der Waals surface area contributed by atoms with Gasteiger partial charge >= 0.3 is 13.6 Å². The molecule has 1 unspecified atom stereocenters. The third-order valence-corrected chi connectivity index (χ3v) is 4.93. The molecule has 1 atom stereocenters. The van der Waals surface area contributed by atoms with Crippen LogP contribution in [0, 0.1) is 0 Å².